The van der Waals surface area contributed by atoms with Gasteiger partial charge in [0.2, 0.25) is 11.8 Å². The van der Waals surface area contributed by atoms with Crippen molar-refractivity contribution in [2.75, 3.05) is 5.32 Å². The van der Waals surface area contributed by atoms with Crippen LogP contribution in [0, 0.1) is 5.92 Å². The van der Waals surface area contributed by atoms with E-state index in [4.69, 9.17) is 4.74 Å². The van der Waals surface area contributed by atoms with E-state index < -0.39 is 6.04 Å². The van der Waals surface area contributed by atoms with Crippen LogP contribution in [0.25, 0.3) is 0 Å². The van der Waals surface area contributed by atoms with Crippen molar-refractivity contribution in [1.29, 1.82) is 0 Å². The van der Waals surface area contributed by atoms with Gasteiger partial charge in [-0.1, -0.05) is 18.9 Å². The summed E-state index contributed by atoms with van der Waals surface area (Å²) in [6.07, 6.45) is 9.16. The van der Waals surface area contributed by atoms with E-state index in [1.165, 1.54) is 19.8 Å². The molecule has 2 saturated carbocycles. The predicted octanol–water partition coefficient (Wildman–Crippen LogP) is 3.64. The first-order valence-electron chi connectivity index (χ1n) is 9.46. The van der Waals surface area contributed by atoms with Gasteiger partial charge in [0.1, 0.15) is 11.8 Å². The molecule has 0 aliphatic heterocycles. The van der Waals surface area contributed by atoms with E-state index in [-0.39, 0.29) is 23.8 Å². The third-order valence-corrected chi connectivity index (χ3v) is 5.22. The van der Waals surface area contributed by atoms with Gasteiger partial charge in [0, 0.05) is 18.7 Å². The summed E-state index contributed by atoms with van der Waals surface area (Å²) in [5.41, 5.74) is 0.717. The van der Waals surface area contributed by atoms with Gasteiger partial charge in [-0.25, -0.2) is 0 Å². The summed E-state index contributed by atoms with van der Waals surface area (Å²) in [6, 6.07) is 7.09. The number of anilines is 1. The number of benzene rings is 1. The van der Waals surface area contributed by atoms with Gasteiger partial charge in [-0.05, 0) is 56.6 Å². The van der Waals surface area contributed by atoms with Crippen molar-refractivity contribution in [3.8, 4) is 5.75 Å². The van der Waals surface area contributed by atoms with E-state index in [2.05, 4.69) is 10.6 Å². The Labute approximate surface area is 149 Å². The zero-order valence-electron chi connectivity index (χ0n) is 14.9. The third kappa shape index (κ3) is 4.97. The highest BCUT2D eigenvalue weighted by Gasteiger charge is 2.31. The number of ether oxygens (including phenoxy) is 1. The minimum atomic E-state index is -0.459. The number of rotatable bonds is 6. The third-order valence-electron chi connectivity index (χ3n) is 5.22. The van der Waals surface area contributed by atoms with Crippen molar-refractivity contribution in [1.82, 2.24) is 5.32 Å². The number of carbonyl (C=O) groups is 2. The SMILES string of the molecule is CC(=O)NC(C(=O)Nc1cccc(OC2CCCC2)c1)C1CCCC1. The molecule has 1 aromatic carbocycles. The molecule has 1 atom stereocenters. The molecule has 136 valence electrons. The first-order chi connectivity index (χ1) is 12.1. The molecule has 0 aromatic heterocycles. The van der Waals surface area contributed by atoms with Gasteiger partial charge < -0.3 is 15.4 Å². The van der Waals surface area contributed by atoms with E-state index >= 15 is 0 Å². The van der Waals surface area contributed by atoms with E-state index in [1.807, 2.05) is 24.3 Å². The van der Waals surface area contributed by atoms with Crippen LogP contribution in [0.3, 0.4) is 0 Å². The van der Waals surface area contributed by atoms with Crippen LogP contribution in [0.15, 0.2) is 24.3 Å². The van der Waals surface area contributed by atoms with E-state index in [1.54, 1.807) is 0 Å². The van der Waals surface area contributed by atoms with Crippen LogP contribution in [0.2, 0.25) is 0 Å². The lowest BCUT2D eigenvalue weighted by molar-refractivity contribution is -0.126. The number of hydrogen-bond donors (Lipinski definition) is 2. The molecular formula is C20H28N2O3. The molecular weight excluding hydrogens is 316 g/mol. The Morgan fingerprint density at radius 2 is 1.76 bits per heavy atom. The fourth-order valence-electron chi connectivity index (χ4n) is 3.97. The van der Waals surface area contributed by atoms with Gasteiger partial charge in [0.05, 0.1) is 6.10 Å². The quantitative estimate of drug-likeness (QED) is 0.828. The largest absolute Gasteiger partial charge is 0.490 e. The van der Waals surface area contributed by atoms with Crippen molar-refractivity contribution in [3.05, 3.63) is 24.3 Å². The number of carbonyl (C=O) groups excluding carboxylic acids is 2. The van der Waals surface area contributed by atoms with Crippen molar-refractivity contribution < 1.29 is 14.3 Å². The molecule has 5 heteroatoms. The Balaban J connectivity index is 1.64. The first kappa shape index (κ1) is 17.8. The molecule has 0 radical (unpaired) electrons. The molecule has 2 aliphatic carbocycles. The highest BCUT2D eigenvalue weighted by Crippen LogP contribution is 2.29. The van der Waals surface area contributed by atoms with Crippen molar-refractivity contribution >= 4 is 17.5 Å². The van der Waals surface area contributed by atoms with Gasteiger partial charge in [0.25, 0.3) is 0 Å². The van der Waals surface area contributed by atoms with Crippen molar-refractivity contribution in [3.63, 3.8) is 0 Å². The van der Waals surface area contributed by atoms with Crippen LogP contribution in [-0.4, -0.2) is 24.0 Å². The Bertz CT molecular complexity index is 605. The maximum absolute atomic E-state index is 12.7. The van der Waals surface area contributed by atoms with Crippen molar-refractivity contribution in [2.45, 2.75) is 70.4 Å². The summed E-state index contributed by atoms with van der Waals surface area (Å²) in [5, 5.41) is 5.79. The standard InChI is InChI=1S/C20H28N2O3/c1-14(23)21-19(15-7-2-3-8-15)20(24)22-16-9-6-12-18(13-16)25-17-10-4-5-11-17/h6,9,12-13,15,17,19H,2-5,7-8,10-11H2,1H3,(H,21,23)(H,22,24). The maximum atomic E-state index is 12.7. The normalized spacial score (nSPS) is 19.6. The summed E-state index contributed by atoms with van der Waals surface area (Å²) in [7, 11) is 0. The molecule has 5 nitrogen and oxygen atoms in total. The molecule has 2 aliphatic rings. The Hall–Kier alpha value is -2.04. The lowest BCUT2D eigenvalue weighted by Gasteiger charge is -2.23. The summed E-state index contributed by atoms with van der Waals surface area (Å²) >= 11 is 0. The molecule has 25 heavy (non-hydrogen) atoms. The van der Waals surface area contributed by atoms with Crippen LogP contribution < -0.4 is 15.4 Å². The number of nitrogens with one attached hydrogen (secondary N) is 2. The zero-order chi connectivity index (χ0) is 17.6. The second-order valence-electron chi connectivity index (χ2n) is 7.26. The monoisotopic (exact) mass is 344 g/mol. The lowest BCUT2D eigenvalue weighted by Crippen LogP contribution is -2.47. The number of amides is 2. The van der Waals surface area contributed by atoms with Gasteiger partial charge >= 0.3 is 0 Å². The zero-order valence-corrected chi connectivity index (χ0v) is 14.9. The molecule has 0 saturated heterocycles. The number of hydrogen-bond acceptors (Lipinski definition) is 3. The molecule has 2 amide bonds. The molecule has 2 N–H and O–H groups in total. The van der Waals surface area contributed by atoms with Crippen LogP contribution >= 0.6 is 0 Å². The lowest BCUT2D eigenvalue weighted by atomic mass is 9.97. The van der Waals surface area contributed by atoms with Crippen LogP contribution in [0.1, 0.15) is 58.3 Å². The van der Waals surface area contributed by atoms with Gasteiger partial charge in [-0.2, -0.15) is 0 Å². The second-order valence-corrected chi connectivity index (χ2v) is 7.26. The first-order valence-corrected chi connectivity index (χ1v) is 9.46. The average Bonchev–Trinajstić information content (AvgIpc) is 3.26. The second kappa shape index (κ2) is 8.37. The molecule has 3 rings (SSSR count). The van der Waals surface area contributed by atoms with Crippen LogP contribution in [-0.2, 0) is 9.59 Å². The minimum Gasteiger partial charge on any atom is -0.490 e. The highest BCUT2D eigenvalue weighted by atomic mass is 16.5. The average molecular weight is 344 g/mol. The molecule has 0 heterocycles. The van der Waals surface area contributed by atoms with E-state index in [0.29, 0.717) is 5.69 Å². The molecule has 0 bridgehead atoms. The summed E-state index contributed by atoms with van der Waals surface area (Å²) in [5.74, 6) is 0.717. The maximum Gasteiger partial charge on any atom is 0.247 e. The van der Waals surface area contributed by atoms with Gasteiger partial charge in [0.15, 0.2) is 0 Å². The van der Waals surface area contributed by atoms with Crippen LogP contribution in [0.4, 0.5) is 5.69 Å². The Kier molecular flexibility index (Phi) is 5.95. The smallest absolute Gasteiger partial charge is 0.247 e. The topological polar surface area (TPSA) is 67.4 Å². The summed E-state index contributed by atoms with van der Waals surface area (Å²) < 4.78 is 6.00. The Morgan fingerprint density at radius 1 is 1.08 bits per heavy atom. The molecule has 1 unspecified atom stereocenters. The van der Waals surface area contributed by atoms with Gasteiger partial charge in [-0.15, -0.1) is 0 Å². The highest BCUT2D eigenvalue weighted by molar-refractivity contribution is 5.97. The minimum absolute atomic E-state index is 0.139. The van der Waals surface area contributed by atoms with Crippen LogP contribution in [0.5, 0.6) is 5.75 Å². The Morgan fingerprint density at radius 3 is 2.44 bits per heavy atom. The molecule has 2 fully saturated rings. The van der Waals surface area contributed by atoms with Crippen molar-refractivity contribution in [2.24, 2.45) is 5.92 Å². The molecule has 1 aromatic rings. The van der Waals surface area contributed by atoms with E-state index in [0.717, 1.165) is 44.3 Å². The fraction of sp³-hybridized carbons (Fsp3) is 0.600. The summed E-state index contributed by atoms with van der Waals surface area (Å²) in [4.78, 5) is 24.2. The van der Waals surface area contributed by atoms with E-state index in [9.17, 15) is 9.59 Å². The fourth-order valence-corrected chi connectivity index (χ4v) is 3.97. The summed E-state index contributed by atoms with van der Waals surface area (Å²) in [6.45, 7) is 1.46. The predicted molar refractivity (Wildman–Crippen MR) is 97.5 cm³/mol. The van der Waals surface area contributed by atoms with Gasteiger partial charge in [-0.3, -0.25) is 9.59 Å². The molecule has 0 spiro atoms.